The number of amides is 1. The molecule has 0 atom stereocenters. The van der Waals surface area contributed by atoms with Crippen molar-refractivity contribution >= 4 is 23.9 Å². The number of nitrogens with zero attached hydrogens (tertiary/aromatic N) is 2. The Morgan fingerprint density at radius 3 is 2.33 bits per heavy atom. The number of hydrogen-bond acceptors (Lipinski definition) is 4. The van der Waals surface area contributed by atoms with Crippen LogP contribution in [0.3, 0.4) is 0 Å². The maximum atomic E-state index is 11.0. The SMILES string of the molecule is C#C.C/C1=C(\C)Sc2ccccc2C=NC1.C=CCC(=O)NCc1cccnc1.Cc1ccccc1. The van der Waals surface area contributed by atoms with E-state index in [0.717, 1.165) is 12.1 Å². The molecule has 1 aromatic heterocycles. The van der Waals surface area contributed by atoms with Crippen LogP contribution in [0.2, 0.25) is 0 Å². The summed E-state index contributed by atoms with van der Waals surface area (Å²) < 4.78 is 0. The third-order valence-electron chi connectivity index (χ3n) is 4.82. The molecule has 0 spiro atoms. The number of hydrogen-bond donors (Lipinski definition) is 1. The van der Waals surface area contributed by atoms with E-state index in [-0.39, 0.29) is 5.91 Å². The summed E-state index contributed by atoms with van der Waals surface area (Å²) in [6.07, 6.45) is 15.3. The number of pyridine rings is 1. The largest absolute Gasteiger partial charge is 0.352 e. The molecule has 3 aromatic rings. The molecule has 2 heterocycles. The van der Waals surface area contributed by atoms with Crippen molar-refractivity contribution in [2.75, 3.05) is 6.54 Å². The first-order chi connectivity index (χ1) is 17.5. The lowest BCUT2D eigenvalue weighted by Crippen LogP contribution is -2.21. The predicted octanol–water partition coefficient (Wildman–Crippen LogP) is 7.02. The number of aromatic nitrogens is 1. The number of allylic oxidation sites excluding steroid dienone is 1. The quantitative estimate of drug-likeness (QED) is 0.311. The molecule has 0 saturated heterocycles. The van der Waals surface area contributed by atoms with Crippen molar-refractivity contribution in [3.63, 3.8) is 0 Å². The second-order valence-corrected chi connectivity index (χ2v) is 8.99. The van der Waals surface area contributed by atoms with Gasteiger partial charge in [-0.15, -0.1) is 19.4 Å². The summed E-state index contributed by atoms with van der Waals surface area (Å²) in [6, 6.07) is 22.4. The lowest BCUT2D eigenvalue weighted by atomic mass is 10.2. The van der Waals surface area contributed by atoms with Gasteiger partial charge in [0, 0.05) is 42.0 Å². The van der Waals surface area contributed by atoms with Gasteiger partial charge in [-0.05, 0) is 48.9 Å². The van der Waals surface area contributed by atoms with Crippen LogP contribution in [-0.4, -0.2) is 23.7 Å². The van der Waals surface area contributed by atoms with Crippen LogP contribution in [0, 0.1) is 19.8 Å². The van der Waals surface area contributed by atoms with Gasteiger partial charge in [-0.2, -0.15) is 0 Å². The summed E-state index contributed by atoms with van der Waals surface area (Å²) >= 11 is 1.84. The number of rotatable bonds is 4. The van der Waals surface area contributed by atoms with Gasteiger partial charge in [0.05, 0.1) is 6.54 Å². The molecule has 4 nitrogen and oxygen atoms in total. The number of fused-ring (bicyclic) bond motifs is 1. The zero-order valence-electron chi connectivity index (χ0n) is 21.4. The van der Waals surface area contributed by atoms with Crippen molar-refractivity contribution in [2.24, 2.45) is 4.99 Å². The van der Waals surface area contributed by atoms with E-state index in [9.17, 15) is 4.79 Å². The minimum absolute atomic E-state index is 0.0150. The number of nitrogens with one attached hydrogen (secondary N) is 1. The topological polar surface area (TPSA) is 54.4 Å². The average Bonchev–Trinajstić information content (AvgIpc) is 2.91. The first-order valence-electron chi connectivity index (χ1n) is 11.5. The van der Waals surface area contributed by atoms with E-state index in [1.807, 2.05) is 48.3 Å². The minimum atomic E-state index is -0.0150. The molecule has 1 N–H and O–H groups in total. The van der Waals surface area contributed by atoms with Crippen molar-refractivity contribution < 1.29 is 4.79 Å². The predicted molar refractivity (Wildman–Crippen MR) is 155 cm³/mol. The fourth-order valence-electron chi connectivity index (χ4n) is 2.77. The van der Waals surface area contributed by atoms with Gasteiger partial charge in [0.1, 0.15) is 0 Å². The van der Waals surface area contributed by atoms with Crippen molar-refractivity contribution in [1.82, 2.24) is 10.3 Å². The molecule has 4 rings (SSSR count). The second-order valence-electron chi connectivity index (χ2n) is 7.73. The number of aliphatic imine (C=N–C) groups is 1. The number of thioether (sulfide) groups is 1. The Kier molecular flexibility index (Phi) is 15.5. The summed E-state index contributed by atoms with van der Waals surface area (Å²) in [5.41, 5.74) is 4.91. The molecule has 0 unspecified atom stereocenters. The fraction of sp³-hybridized carbons (Fsp3) is 0.194. The molecule has 0 fully saturated rings. The van der Waals surface area contributed by atoms with Gasteiger partial charge in [0.2, 0.25) is 5.91 Å². The van der Waals surface area contributed by atoms with Crippen LogP contribution in [-0.2, 0) is 11.3 Å². The van der Waals surface area contributed by atoms with E-state index in [2.05, 4.69) is 91.9 Å². The van der Waals surface area contributed by atoms with Gasteiger partial charge in [-0.3, -0.25) is 14.8 Å². The Hall–Kier alpha value is -3.88. The molecule has 0 saturated carbocycles. The van der Waals surface area contributed by atoms with E-state index in [1.165, 1.54) is 26.5 Å². The summed E-state index contributed by atoms with van der Waals surface area (Å²) in [7, 11) is 0. The molecule has 36 heavy (non-hydrogen) atoms. The van der Waals surface area contributed by atoms with Crippen LogP contribution < -0.4 is 5.32 Å². The number of terminal acetylenes is 1. The summed E-state index contributed by atoms with van der Waals surface area (Å²) in [4.78, 5) is 22.0. The molecule has 186 valence electrons. The molecule has 1 aliphatic rings. The molecule has 2 aromatic carbocycles. The van der Waals surface area contributed by atoms with Crippen molar-refractivity contribution in [2.45, 2.75) is 38.6 Å². The van der Waals surface area contributed by atoms with E-state index in [0.29, 0.717) is 13.0 Å². The molecular weight excluding hydrogens is 462 g/mol. The van der Waals surface area contributed by atoms with E-state index < -0.39 is 0 Å². The van der Waals surface area contributed by atoms with Crippen LogP contribution in [0.25, 0.3) is 0 Å². The van der Waals surface area contributed by atoms with Crippen LogP contribution in [0.4, 0.5) is 0 Å². The lowest BCUT2D eigenvalue weighted by Gasteiger charge is -2.11. The molecule has 5 heteroatoms. The third kappa shape index (κ3) is 12.5. The van der Waals surface area contributed by atoms with Gasteiger partial charge >= 0.3 is 0 Å². The highest BCUT2D eigenvalue weighted by atomic mass is 32.2. The second kappa shape index (κ2) is 18.4. The standard InChI is InChI=1S/C12H13NS.C10H12N2O.C7H8.C2H2/c1-9-7-13-8-11-5-3-4-6-12(11)14-10(9)2;1-2-4-10(13)12-8-9-5-3-6-11-7-9;1-7-5-3-2-4-6-7;1-2/h3-6,8H,7H2,1-2H3;2-3,5-7H,1,4,8H2,(H,12,13);2-6H,1H3;1-2H/b10-9-,13-8?;;;. The molecule has 0 aliphatic carbocycles. The van der Waals surface area contributed by atoms with Crippen molar-refractivity contribution in [1.29, 1.82) is 0 Å². The third-order valence-corrected chi connectivity index (χ3v) is 6.07. The van der Waals surface area contributed by atoms with Gasteiger partial charge < -0.3 is 5.32 Å². The maximum Gasteiger partial charge on any atom is 0.224 e. The van der Waals surface area contributed by atoms with Crippen LogP contribution in [0.15, 0.2) is 112 Å². The van der Waals surface area contributed by atoms with Crippen LogP contribution in [0.1, 0.15) is 37.0 Å². The highest BCUT2D eigenvalue weighted by Gasteiger charge is 2.06. The number of carbonyl (C=O) groups excluding carboxylic acids is 1. The van der Waals surface area contributed by atoms with Gasteiger partial charge in [0.15, 0.2) is 0 Å². The zero-order chi connectivity index (χ0) is 26.6. The van der Waals surface area contributed by atoms with Gasteiger partial charge in [0.25, 0.3) is 0 Å². The van der Waals surface area contributed by atoms with Crippen LogP contribution in [0.5, 0.6) is 0 Å². The highest BCUT2D eigenvalue weighted by Crippen LogP contribution is 2.31. The molecule has 0 bridgehead atoms. The summed E-state index contributed by atoms with van der Waals surface area (Å²) in [5.74, 6) is -0.0150. The first-order valence-corrected chi connectivity index (χ1v) is 12.4. The van der Waals surface area contributed by atoms with Crippen LogP contribution >= 0.6 is 11.8 Å². The highest BCUT2D eigenvalue weighted by molar-refractivity contribution is 8.03. The number of aryl methyl sites for hydroxylation is 1. The Balaban J connectivity index is 0.000000273. The molecule has 1 amide bonds. The van der Waals surface area contributed by atoms with E-state index in [4.69, 9.17) is 0 Å². The van der Waals surface area contributed by atoms with E-state index in [1.54, 1.807) is 18.5 Å². The van der Waals surface area contributed by atoms with Gasteiger partial charge in [-0.1, -0.05) is 78.0 Å². The average molecular weight is 498 g/mol. The summed E-state index contributed by atoms with van der Waals surface area (Å²) in [5, 5.41) is 2.75. The Labute approximate surface area is 220 Å². The zero-order valence-corrected chi connectivity index (χ0v) is 22.2. The van der Waals surface area contributed by atoms with Crippen molar-refractivity contribution in [3.05, 3.63) is 119 Å². The first kappa shape index (κ1) is 30.2. The minimum Gasteiger partial charge on any atom is -0.352 e. The molecular formula is C31H35N3OS. The number of benzene rings is 2. The fourth-order valence-corrected chi connectivity index (χ4v) is 3.72. The Morgan fingerprint density at radius 1 is 1.03 bits per heavy atom. The molecule has 1 aliphatic heterocycles. The monoisotopic (exact) mass is 497 g/mol. The summed E-state index contributed by atoms with van der Waals surface area (Å²) in [6.45, 7) is 11.2. The maximum absolute atomic E-state index is 11.0. The molecule has 0 radical (unpaired) electrons. The van der Waals surface area contributed by atoms with Gasteiger partial charge in [-0.25, -0.2) is 0 Å². The Bertz CT molecular complexity index is 1140. The lowest BCUT2D eigenvalue weighted by molar-refractivity contribution is -0.120. The normalized spacial score (nSPS) is 13.4. The van der Waals surface area contributed by atoms with Crippen molar-refractivity contribution in [3.8, 4) is 12.8 Å². The van der Waals surface area contributed by atoms with E-state index >= 15 is 0 Å². The number of carbonyl (C=O) groups is 1. The Morgan fingerprint density at radius 2 is 1.72 bits per heavy atom. The smallest absolute Gasteiger partial charge is 0.224 e.